The smallest absolute Gasteiger partial charge is 0.309 e. The van der Waals surface area contributed by atoms with E-state index in [9.17, 15) is 14.0 Å². The molecule has 2 rings (SSSR count). The second kappa shape index (κ2) is 8.22. The highest BCUT2D eigenvalue weighted by molar-refractivity contribution is 5.98. The molecule has 3 nitrogen and oxygen atoms in total. The number of carbonyl (C=O) groups excluding carboxylic acids is 2. The second-order valence-corrected chi connectivity index (χ2v) is 5.27. The van der Waals surface area contributed by atoms with Crippen LogP contribution in [0.1, 0.15) is 29.3 Å². The summed E-state index contributed by atoms with van der Waals surface area (Å²) in [6.07, 6.45) is 0.478. The Morgan fingerprint density at radius 2 is 1.70 bits per heavy atom. The lowest BCUT2D eigenvalue weighted by atomic mass is 9.92. The summed E-state index contributed by atoms with van der Waals surface area (Å²) >= 11 is 0. The Morgan fingerprint density at radius 3 is 2.30 bits per heavy atom. The molecule has 0 aliphatic heterocycles. The SMILES string of the molecule is CCOC(=O)C(CC(=O)c1ccc(F)cc1)Cc1ccccc1. The van der Waals surface area contributed by atoms with E-state index in [1.54, 1.807) is 6.92 Å². The van der Waals surface area contributed by atoms with Crippen LogP contribution in [0.4, 0.5) is 4.39 Å². The Hall–Kier alpha value is -2.49. The van der Waals surface area contributed by atoms with Crippen LogP contribution in [0.2, 0.25) is 0 Å². The first-order chi connectivity index (χ1) is 11.1. The Morgan fingerprint density at radius 1 is 1.04 bits per heavy atom. The van der Waals surface area contributed by atoms with Gasteiger partial charge in [0.2, 0.25) is 0 Å². The molecule has 0 aliphatic carbocycles. The molecule has 120 valence electrons. The van der Waals surface area contributed by atoms with E-state index in [-0.39, 0.29) is 24.8 Å². The van der Waals surface area contributed by atoms with Crippen molar-refractivity contribution in [2.75, 3.05) is 6.61 Å². The molecule has 0 fully saturated rings. The van der Waals surface area contributed by atoms with E-state index >= 15 is 0 Å². The number of ketones is 1. The van der Waals surface area contributed by atoms with Gasteiger partial charge in [-0.2, -0.15) is 0 Å². The molecular weight excluding hydrogens is 295 g/mol. The molecule has 0 aromatic heterocycles. The highest BCUT2D eigenvalue weighted by Gasteiger charge is 2.24. The van der Waals surface area contributed by atoms with Crippen molar-refractivity contribution in [3.8, 4) is 0 Å². The Bertz CT molecular complexity index is 650. The van der Waals surface area contributed by atoms with Crippen molar-refractivity contribution in [3.05, 3.63) is 71.5 Å². The molecule has 0 saturated carbocycles. The fraction of sp³-hybridized carbons (Fsp3) is 0.263. The molecule has 0 saturated heterocycles. The van der Waals surface area contributed by atoms with Crippen LogP contribution in [-0.4, -0.2) is 18.4 Å². The summed E-state index contributed by atoms with van der Waals surface area (Å²) in [6.45, 7) is 2.01. The second-order valence-electron chi connectivity index (χ2n) is 5.27. The van der Waals surface area contributed by atoms with Crippen molar-refractivity contribution in [3.63, 3.8) is 0 Å². The summed E-state index contributed by atoms with van der Waals surface area (Å²) < 4.78 is 18.0. The van der Waals surface area contributed by atoms with Gasteiger partial charge in [-0.05, 0) is 43.2 Å². The number of benzene rings is 2. The van der Waals surface area contributed by atoms with E-state index in [0.717, 1.165) is 5.56 Å². The maximum absolute atomic E-state index is 12.9. The van der Waals surface area contributed by atoms with Gasteiger partial charge in [-0.1, -0.05) is 30.3 Å². The van der Waals surface area contributed by atoms with Gasteiger partial charge in [-0.25, -0.2) is 4.39 Å². The summed E-state index contributed by atoms with van der Waals surface area (Å²) in [5.74, 6) is -1.52. The first-order valence-corrected chi connectivity index (χ1v) is 7.59. The van der Waals surface area contributed by atoms with Gasteiger partial charge in [0.15, 0.2) is 5.78 Å². The zero-order valence-corrected chi connectivity index (χ0v) is 13.0. The number of esters is 1. The molecule has 0 amide bonds. The maximum atomic E-state index is 12.9. The van der Waals surface area contributed by atoms with Crippen LogP contribution >= 0.6 is 0 Å². The van der Waals surface area contributed by atoms with Gasteiger partial charge in [0.1, 0.15) is 5.82 Å². The van der Waals surface area contributed by atoms with Crippen LogP contribution < -0.4 is 0 Å². The van der Waals surface area contributed by atoms with Crippen molar-refractivity contribution in [2.45, 2.75) is 19.8 Å². The van der Waals surface area contributed by atoms with Crippen molar-refractivity contribution < 1.29 is 18.7 Å². The van der Waals surface area contributed by atoms with Crippen LogP contribution in [0, 0.1) is 11.7 Å². The van der Waals surface area contributed by atoms with Gasteiger partial charge >= 0.3 is 5.97 Å². The van der Waals surface area contributed by atoms with Gasteiger partial charge in [0.25, 0.3) is 0 Å². The van der Waals surface area contributed by atoms with E-state index in [1.165, 1.54) is 24.3 Å². The molecule has 2 aromatic carbocycles. The largest absolute Gasteiger partial charge is 0.466 e. The molecule has 2 aromatic rings. The molecule has 0 radical (unpaired) electrons. The topological polar surface area (TPSA) is 43.4 Å². The number of rotatable bonds is 7. The van der Waals surface area contributed by atoms with Gasteiger partial charge in [0, 0.05) is 12.0 Å². The highest BCUT2D eigenvalue weighted by atomic mass is 19.1. The zero-order chi connectivity index (χ0) is 16.7. The molecule has 0 N–H and O–H groups in total. The van der Waals surface area contributed by atoms with Crippen molar-refractivity contribution in [1.82, 2.24) is 0 Å². The standard InChI is InChI=1S/C19H19FO3/c1-2-23-19(22)16(12-14-6-4-3-5-7-14)13-18(21)15-8-10-17(20)11-9-15/h3-11,16H,2,12-13H2,1H3. The first kappa shape index (κ1) is 16.9. The zero-order valence-electron chi connectivity index (χ0n) is 13.0. The monoisotopic (exact) mass is 314 g/mol. The molecule has 23 heavy (non-hydrogen) atoms. The van der Waals surface area contributed by atoms with Crippen molar-refractivity contribution in [2.24, 2.45) is 5.92 Å². The maximum Gasteiger partial charge on any atom is 0.309 e. The van der Waals surface area contributed by atoms with E-state index in [0.29, 0.717) is 12.0 Å². The molecule has 0 heterocycles. The van der Waals surface area contributed by atoms with E-state index in [4.69, 9.17) is 4.74 Å². The number of hydrogen-bond acceptors (Lipinski definition) is 3. The van der Waals surface area contributed by atoms with Crippen LogP contribution in [0.25, 0.3) is 0 Å². The number of carbonyl (C=O) groups is 2. The van der Waals surface area contributed by atoms with Gasteiger partial charge in [-0.15, -0.1) is 0 Å². The lowest BCUT2D eigenvalue weighted by molar-refractivity contribution is -0.147. The van der Waals surface area contributed by atoms with Crippen LogP contribution in [0.3, 0.4) is 0 Å². The fourth-order valence-corrected chi connectivity index (χ4v) is 2.37. The third-order valence-electron chi connectivity index (χ3n) is 3.54. The fourth-order valence-electron chi connectivity index (χ4n) is 2.37. The summed E-state index contributed by atoms with van der Waals surface area (Å²) in [7, 11) is 0. The van der Waals surface area contributed by atoms with Crippen LogP contribution in [0.15, 0.2) is 54.6 Å². The minimum Gasteiger partial charge on any atom is -0.466 e. The lowest BCUT2D eigenvalue weighted by Gasteiger charge is -2.15. The predicted molar refractivity (Wildman–Crippen MR) is 85.6 cm³/mol. The van der Waals surface area contributed by atoms with Crippen LogP contribution in [-0.2, 0) is 16.0 Å². The van der Waals surface area contributed by atoms with Crippen LogP contribution in [0.5, 0.6) is 0 Å². The van der Waals surface area contributed by atoms with E-state index in [1.807, 2.05) is 30.3 Å². The third kappa shape index (κ3) is 5.02. The number of halogens is 1. The number of ether oxygens (including phenoxy) is 1. The summed E-state index contributed by atoms with van der Waals surface area (Å²) in [5, 5.41) is 0. The minimum absolute atomic E-state index is 0.0410. The lowest BCUT2D eigenvalue weighted by Crippen LogP contribution is -2.23. The third-order valence-corrected chi connectivity index (χ3v) is 3.54. The number of hydrogen-bond donors (Lipinski definition) is 0. The molecule has 4 heteroatoms. The highest BCUT2D eigenvalue weighted by Crippen LogP contribution is 2.18. The van der Waals surface area contributed by atoms with Crippen molar-refractivity contribution >= 4 is 11.8 Å². The summed E-state index contributed by atoms with van der Waals surface area (Å²) in [5.41, 5.74) is 1.37. The Balaban J connectivity index is 2.11. The predicted octanol–water partition coefficient (Wildman–Crippen LogP) is 3.82. The molecule has 1 unspecified atom stereocenters. The van der Waals surface area contributed by atoms with Crippen molar-refractivity contribution in [1.29, 1.82) is 0 Å². The molecule has 0 bridgehead atoms. The van der Waals surface area contributed by atoms with Gasteiger partial charge in [-0.3, -0.25) is 9.59 Å². The Kier molecular flexibility index (Phi) is 6.03. The molecular formula is C19H19FO3. The minimum atomic E-state index is -0.546. The molecule has 0 aliphatic rings. The molecule has 1 atom stereocenters. The average Bonchev–Trinajstić information content (AvgIpc) is 2.56. The van der Waals surface area contributed by atoms with E-state index < -0.39 is 11.7 Å². The molecule has 0 spiro atoms. The number of Topliss-reactive ketones (excluding diaryl/α,β-unsaturated/α-hetero) is 1. The normalized spacial score (nSPS) is 11.7. The summed E-state index contributed by atoms with van der Waals surface area (Å²) in [4.78, 5) is 24.5. The van der Waals surface area contributed by atoms with Gasteiger partial charge < -0.3 is 4.74 Å². The average molecular weight is 314 g/mol. The summed E-state index contributed by atoms with van der Waals surface area (Å²) in [6, 6.07) is 14.8. The van der Waals surface area contributed by atoms with Gasteiger partial charge in [0.05, 0.1) is 12.5 Å². The first-order valence-electron chi connectivity index (χ1n) is 7.59. The van der Waals surface area contributed by atoms with E-state index in [2.05, 4.69) is 0 Å². The Labute approximate surface area is 135 Å². The quantitative estimate of drug-likeness (QED) is 0.576.